The van der Waals surface area contributed by atoms with E-state index >= 15 is 0 Å². The Hall–Kier alpha value is -0.420. The van der Waals surface area contributed by atoms with Crippen LogP contribution < -0.4 is 0 Å². The highest BCUT2D eigenvalue weighted by atomic mass is 32.2. The Labute approximate surface area is 90.6 Å². The summed E-state index contributed by atoms with van der Waals surface area (Å²) in [6.07, 6.45) is 4.25. The van der Waals surface area contributed by atoms with Crippen molar-refractivity contribution >= 4 is 16.1 Å². The smallest absolute Gasteiger partial charge is 0.151 e. The van der Waals surface area contributed by atoms with Crippen molar-refractivity contribution in [2.45, 2.75) is 43.5 Å². The lowest BCUT2D eigenvalue weighted by molar-refractivity contribution is -0.128. The molecule has 0 aromatic rings. The number of sulfone groups is 1. The van der Waals surface area contributed by atoms with Gasteiger partial charge < -0.3 is 9.90 Å². The van der Waals surface area contributed by atoms with Gasteiger partial charge in [0.15, 0.2) is 6.29 Å². The van der Waals surface area contributed by atoms with Gasteiger partial charge in [-0.05, 0) is 32.1 Å². The van der Waals surface area contributed by atoms with Crippen LogP contribution in [0.15, 0.2) is 0 Å². The summed E-state index contributed by atoms with van der Waals surface area (Å²) in [7, 11) is -3.05. The lowest BCUT2D eigenvalue weighted by atomic mass is 9.78. The average Bonchev–Trinajstić information content (AvgIpc) is 2.17. The molecule has 0 spiro atoms. The predicted octanol–water partition coefficient (Wildman–Crippen LogP) is 0.540. The van der Waals surface area contributed by atoms with Gasteiger partial charge in [0.1, 0.15) is 15.4 Å². The fourth-order valence-corrected chi connectivity index (χ4v) is 3.34. The van der Waals surface area contributed by atoms with Gasteiger partial charge in [-0.3, -0.25) is 0 Å². The third-order valence-corrected chi connectivity index (χ3v) is 4.94. The van der Waals surface area contributed by atoms with Gasteiger partial charge in [0.05, 0.1) is 5.25 Å². The Morgan fingerprint density at radius 3 is 2.47 bits per heavy atom. The molecule has 4 nitrogen and oxygen atoms in total. The van der Waals surface area contributed by atoms with Gasteiger partial charge in [0, 0.05) is 6.26 Å². The standard InChI is InChI=1S/C10H18O4S/c1-10(12,7-11)8-4-3-5-9(6-8)15(2,13)14/h7-9,12H,3-6H2,1-2H3. The molecule has 0 bridgehead atoms. The average molecular weight is 234 g/mol. The Kier molecular flexibility index (Phi) is 3.55. The summed E-state index contributed by atoms with van der Waals surface area (Å²) in [6, 6.07) is 0. The zero-order valence-corrected chi connectivity index (χ0v) is 9.96. The molecule has 1 saturated carbocycles. The van der Waals surface area contributed by atoms with E-state index in [9.17, 15) is 18.3 Å². The molecule has 1 fully saturated rings. The number of rotatable bonds is 3. The molecule has 3 atom stereocenters. The van der Waals surface area contributed by atoms with E-state index in [4.69, 9.17) is 0 Å². The topological polar surface area (TPSA) is 71.4 Å². The van der Waals surface area contributed by atoms with E-state index in [1.165, 1.54) is 13.2 Å². The summed E-state index contributed by atoms with van der Waals surface area (Å²) < 4.78 is 22.8. The molecule has 1 aliphatic carbocycles. The molecule has 0 aromatic carbocycles. The lowest BCUT2D eigenvalue weighted by Gasteiger charge is -2.34. The van der Waals surface area contributed by atoms with E-state index < -0.39 is 20.7 Å². The van der Waals surface area contributed by atoms with Crippen LogP contribution in [0.5, 0.6) is 0 Å². The monoisotopic (exact) mass is 234 g/mol. The molecule has 0 radical (unpaired) electrons. The van der Waals surface area contributed by atoms with E-state index in [0.29, 0.717) is 19.1 Å². The summed E-state index contributed by atoms with van der Waals surface area (Å²) in [5.74, 6) is -0.233. The largest absolute Gasteiger partial charge is 0.382 e. The minimum atomic E-state index is -3.05. The van der Waals surface area contributed by atoms with Crippen molar-refractivity contribution in [1.29, 1.82) is 0 Å². The van der Waals surface area contributed by atoms with Crippen LogP contribution in [0.1, 0.15) is 32.6 Å². The van der Waals surface area contributed by atoms with Gasteiger partial charge in [0.25, 0.3) is 0 Å². The first-order valence-electron chi connectivity index (χ1n) is 5.15. The van der Waals surface area contributed by atoms with Crippen LogP contribution in [0.4, 0.5) is 0 Å². The molecule has 0 aromatic heterocycles. The van der Waals surface area contributed by atoms with Gasteiger partial charge in [-0.1, -0.05) is 6.42 Å². The number of hydrogen-bond donors (Lipinski definition) is 1. The van der Waals surface area contributed by atoms with Crippen LogP contribution in [0.25, 0.3) is 0 Å². The highest BCUT2D eigenvalue weighted by molar-refractivity contribution is 7.91. The zero-order chi connectivity index (χ0) is 11.7. The number of aldehydes is 1. The van der Waals surface area contributed by atoms with Gasteiger partial charge in [-0.15, -0.1) is 0 Å². The van der Waals surface area contributed by atoms with E-state index in [1.54, 1.807) is 0 Å². The molecule has 1 rings (SSSR count). The first-order chi connectivity index (χ1) is 6.77. The van der Waals surface area contributed by atoms with Crippen LogP contribution in [-0.4, -0.2) is 36.9 Å². The fraction of sp³-hybridized carbons (Fsp3) is 0.900. The Bertz CT molecular complexity index is 331. The van der Waals surface area contributed by atoms with Crippen LogP contribution in [0.2, 0.25) is 0 Å². The quantitative estimate of drug-likeness (QED) is 0.723. The minimum Gasteiger partial charge on any atom is -0.382 e. The molecular formula is C10H18O4S. The molecule has 1 aliphatic rings. The normalized spacial score (nSPS) is 31.9. The molecule has 3 unspecified atom stereocenters. The Balaban J connectivity index is 2.77. The number of hydrogen-bond acceptors (Lipinski definition) is 4. The van der Waals surface area contributed by atoms with Crippen molar-refractivity contribution in [1.82, 2.24) is 0 Å². The third-order valence-electron chi connectivity index (χ3n) is 3.30. The van der Waals surface area contributed by atoms with Crippen LogP contribution in [-0.2, 0) is 14.6 Å². The van der Waals surface area contributed by atoms with E-state index in [0.717, 1.165) is 12.8 Å². The highest BCUT2D eigenvalue weighted by Gasteiger charge is 2.38. The molecule has 1 N–H and O–H groups in total. The molecule has 15 heavy (non-hydrogen) atoms. The molecular weight excluding hydrogens is 216 g/mol. The molecule has 0 amide bonds. The van der Waals surface area contributed by atoms with E-state index in [-0.39, 0.29) is 5.92 Å². The van der Waals surface area contributed by atoms with Gasteiger partial charge in [-0.25, -0.2) is 8.42 Å². The molecule has 0 heterocycles. The summed E-state index contributed by atoms with van der Waals surface area (Å²) in [5, 5.41) is 9.37. The van der Waals surface area contributed by atoms with E-state index in [2.05, 4.69) is 0 Å². The Morgan fingerprint density at radius 1 is 1.40 bits per heavy atom. The van der Waals surface area contributed by atoms with Gasteiger partial charge in [-0.2, -0.15) is 0 Å². The zero-order valence-electron chi connectivity index (χ0n) is 9.14. The van der Waals surface area contributed by atoms with Crippen molar-refractivity contribution < 1.29 is 18.3 Å². The maximum absolute atomic E-state index is 11.4. The second-order valence-electron chi connectivity index (χ2n) is 4.66. The summed E-state index contributed by atoms with van der Waals surface area (Å²) in [6.45, 7) is 1.45. The summed E-state index contributed by atoms with van der Waals surface area (Å²) in [5.41, 5.74) is -1.39. The highest BCUT2D eigenvalue weighted by Crippen LogP contribution is 2.34. The SMILES string of the molecule is CC(O)(C=O)C1CCCC(S(C)(=O)=O)C1. The fourth-order valence-electron chi connectivity index (χ4n) is 2.16. The van der Waals surface area contributed by atoms with Crippen molar-refractivity contribution in [3.63, 3.8) is 0 Å². The summed E-state index contributed by atoms with van der Waals surface area (Å²) >= 11 is 0. The third kappa shape index (κ3) is 3.01. The van der Waals surface area contributed by atoms with Crippen LogP contribution in [0, 0.1) is 5.92 Å². The van der Waals surface area contributed by atoms with Crippen molar-refractivity contribution in [2.75, 3.05) is 6.26 Å². The molecule has 0 aliphatic heterocycles. The summed E-state index contributed by atoms with van der Waals surface area (Å²) in [4.78, 5) is 10.7. The maximum Gasteiger partial charge on any atom is 0.151 e. The second-order valence-corrected chi connectivity index (χ2v) is 6.98. The van der Waals surface area contributed by atoms with Gasteiger partial charge >= 0.3 is 0 Å². The molecule has 5 heteroatoms. The van der Waals surface area contributed by atoms with Gasteiger partial charge in [0.2, 0.25) is 0 Å². The first-order valence-corrected chi connectivity index (χ1v) is 7.10. The lowest BCUT2D eigenvalue weighted by Crippen LogP contribution is -2.41. The van der Waals surface area contributed by atoms with Crippen molar-refractivity contribution in [3.05, 3.63) is 0 Å². The second kappa shape index (κ2) is 4.22. The predicted molar refractivity (Wildman–Crippen MR) is 57.3 cm³/mol. The minimum absolute atomic E-state index is 0.233. The van der Waals surface area contributed by atoms with Crippen molar-refractivity contribution in [3.8, 4) is 0 Å². The van der Waals surface area contributed by atoms with Crippen LogP contribution >= 0.6 is 0 Å². The Morgan fingerprint density at radius 2 is 2.00 bits per heavy atom. The van der Waals surface area contributed by atoms with Crippen molar-refractivity contribution in [2.24, 2.45) is 5.92 Å². The number of aliphatic hydroxyl groups is 1. The first kappa shape index (κ1) is 12.6. The number of carbonyl (C=O) groups is 1. The van der Waals surface area contributed by atoms with E-state index in [1.807, 2.05) is 0 Å². The maximum atomic E-state index is 11.4. The number of carbonyl (C=O) groups excluding carboxylic acids is 1. The van der Waals surface area contributed by atoms with Crippen LogP contribution in [0.3, 0.4) is 0 Å². The molecule has 88 valence electrons. The molecule has 0 saturated heterocycles.